The van der Waals surface area contributed by atoms with Crippen LogP contribution in [-0.2, 0) is 9.53 Å². The molecule has 8 heteroatoms. The van der Waals surface area contributed by atoms with Gasteiger partial charge >= 0.3 is 6.09 Å². The molecule has 3 aromatic rings. The minimum absolute atomic E-state index is 0.192. The van der Waals surface area contributed by atoms with Gasteiger partial charge < -0.3 is 14.2 Å². The van der Waals surface area contributed by atoms with E-state index in [-0.39, 0.29) is 18.6 Å². The molecule has 0 aromatic heterocycles. The number of β-lactam (4-membered cyclic amide) rings is 1. The van der Waals surface area contributed by atoms with Gasteiger partial charge in [-0.25, -0.2) is 4.79 Å². The molecule has 35 heavy (non-hydrogen) atoms. The third-order valence-electron chi connectivity index (χ3n) is 6.31. The zero-order chi connectivity index (χ0) is 24.4. The molecule has 3 atom stereocenters. The molecule has 3 aromatic carbocycles. The Kier molecular flexibility index (Phi) is 6.10. The number of benzene rings is 3. The fraction of sp³-hybridized carbons (Fsp3) is 0.222. The molecule has 2 aliphatic heterocycles. The number of carbonyl (C=O) groups excluding carboxylic acids is 2. The van der Waals surface area contributed by atoms with Gasteiger partial charge in [-0.1, -0.05) is 30.3 Å². The van der Waals surface area contributed by atoms with Crippen LogP contribution in [-0.4, -0.2) is 56.0 Å². The van der Waals surface area contributed by atoms with E-state index in [0.717, 1.165) is 11.3 Å². The van der Waals surface area contributed by atoms with E-state index in [0.29, 0.717) is 17.1 Å². The number of hydrogen-bond donors (Lipinski definition) is 0. The number of cyclic esters (lactones) is 1. The van der Waals surface area contributed by atoms with Crippen molar-refractivity contribution in [2.75, 3.05) is 25.7 Å². The van der Waals surface area contributed by atoms with Gasteiger partial charge in [0.15, 0.2) is 0 Å². The van der Waals surface area contributed by atoms with Crippen molar-refractivity contribution >= 4 is 29.6 Å². The first-order valence-corrected chi connectivity index (χ1v) is 11.3. The van der Waals surface area contributed by atoms with Crippen molar-refractivity contribution in [2.24, 2.45) is 4.99 Å². The van der Waals surface area contributed by atoms with Crippen LogP contribution < -0.4 is 14.4 Å². The van der Waals surface area contributed by atoms with Crippen LogP contribution >= 0.6 is 0 Å². The van der Waals surface area contributed by atoms with Gasteiger partial charge in [0, 0.05) is 11.9 Å². The second-order valence-electron chi connectivity index (χ2n) is 8.23. The van der Waals surface area contributed by atoms with Crippen LogP contribution in [0.25, 0.3) is 0 Å². The lowest BCUT2D eigenvalue weighted by Crippen LogP contribution is -2.72. The van der Waals surface area contributed by atoms with E-state index in [1.807, 2.05) is 66.7 Å². The summed E-state index contributed by atoms with van der Waals surface area (Å²) in [4.78, 5) is 34.1. The van der Waals surface area contributed by atoms with Gasteiger partial charge in [0.1, 0.15) is 30.2 Å². The second kappa shape index (κ2) is 9.50. The van der Waals surface area contributed by atoms with E-state index < -0.39 is 18.2 Å². The first-order valence-electron chi connectivity index (χ1n) is 11.3. The van der Waals surface area contributed by atoms with Gasteiger partial charge in [-0.05, 0) is 54.1 Å². The van der Waals surface area contributed by atoms with Crippen molar-refractivity contribution in [1.29, 1.82) is 0 Å². The molecule has 178 valence electrons. The van der Waals surface area contributed by atoms with Crippen LogP contribution in [0, 0.1) is 0 Å². The SMILES string of the molecule is COc1ccc(N=C[C@@H]2[C@H](N3C(=O)OC[C@@H]3c3ccccc3)C(=O)N2c2ccc(OC)cc2)cc1. The third kappa shape index (κ3) is 4.19. The predicted molar refractivity (Wildman–Crippen MR) is 132 cm³/mol. The highest BCUT2D eigenvalue weighted by Gasteiger charge is 2.56. The lowest BCUT2D eigenvalue weighted by molar-refractivity contribution is -0.129. The summed E-state index contributed by atoms with van der Waals surface area (Å²) in [6.07, 6.45) is 1.21. The summed E-state index contributed by atoms with van der Waals surface area (Å²) >= 11 is 0. The summed E-state index contributed by atoms with van der Waals surface area (Å²) in [7, 11) is 3.20. The Labute approximate surface area is 203 Å². The van der Waals surface area contributed by atoms with Gasteiger partial charge in [0.2, 0.25) is 0 Å². The van der Waals surface area contributed by atoms with E-state index in [9.17, 15) is 9.59 Å². The number of nitrogens with zero attached hydrogens (tertiary/aromatic N) is 3. The fourth-order valence-corrected chi connectivity index (χ4v) is 4.47. The maximum atomic E-state index is 13.5. The number of carbonyl (C=O) groups is 2. The molecule has 0 N–H and O–H groups in total. The van der Waals surface area contributed by atoms with E-state index in [1.165, 1.54) is 0 Å². The Morgan fingerprint density at radius 3 is 2.14 bits per heavy atom. The molecule has 0 radical (unpaired) electrons. The molecule has 2 aliphatic rings. The molecule has 0 spiro atoms. The quantitative estimate of drug-likeness (QED) is 0.377. The maximum Gasteiger partial charge on any atom is 0.411 e. The van der Waals surface area contributed by atoms with Gasteiger partial charge in [0.05, 0.1) is 25.9 Å². The highest BCUT2D eigenvalue weighted by molar-refractivity contribution is 6.12. The van der Waals surface area contributed by atoms with Crippen molar-refractivity contribution in [1.82, 2.24) is 4.90 Å². The molecule has 0 aliphatic carbocycles. The predicted octanol–water partition coefficient (Wildman–Crippen LogP) is 4.38. The van der Waals surface area contributed by atoms with Crippen LogP contribution in [0.1, 0.15) is 11.6 Å². The highest BCUT2D eigenvalue weighted by Crippen LogP contribution is 2.39. The molecule has 5 rings (SSSR count). The zero-order valence-electron chi connectivity index (χ0n) is 19.4. The van der Waals surface area contributed by atoms with Gasteiger partial charge in [-0.15, -0.1) is 0 Å². The minimum atomic E-state index is -0.737. The largest absolute Gasteiger partial charge is 0.497 e. The Morgan fingerprint density at radius 2 is 1.51 bits per heavy atom. The van der Waals surface area contributed by atoms with Gasteiger partial charge in [0.25, 0.3) is 5.91 Å². The fourth-order valence-electron chi connectivity index (χ4n) is 4.47. The Balaban J connectivity index is 1.49. The van der Waals surface area contributed by atoms with Crippen LogP contribution in [0.3, 0.4) is 0 Å². The number of hydrogen-bond acceptors (Lipinski definition) is 6. The molecule has 0 saturated carbocycles. The smallest absolute Gasteiger partial charge is 0.411 e. The van der Waals surface area contributed by atoms with Crippen molar-refractivity contribution in [2.45, 2.75) is 18.1 Å². The van der Waals surface area contributed by atoms with Crippen LogP contribution in [0.2, 0.25) is 0 Å². The topological polar surface area (TPSA) is 80.7 Å². The molecule has 2 amide bonds. The molecule has 8 nitrogen and oxygen atoms in total. The number of ether oxygens (including phenoxy) is 3. The lowest BCUT2D eigenvalue weighted by atomic mass is 9.91. The van der Waals surface area contributed by atoms with Crippen LogP contribution in [0.15, 0.2) is 83.9 Å². The van der Waals surface area contributed by atoms with Crippen molar-refractivity contribution in [3.63, 3.8) is 0 Å². The van der Waals surface area contributed by atoms with E-state index in [4.69, 9.17) is 14.2 Å². The third-order valence-corrected chi connectivity index (χ3v) is 6.31. The van der Waals surface area contributed by atoms with Crippen molar-refractivity contribution < 1.29 is 23.8 Å². The Bertz CT molecular complexity index is 1230. The van der Waals surface area contributed by atoms with Crippen molar-refractivity contribution in [3.8, 4) is 11.5 Å². The average Bonchev–Trinajstić information content (AvgIpc) is 3.28. The summed E-state index contributed by atoms with van der Waals surface area (Å²) in [6.45, 7) is 0.192. The second-order valence-corrected chi connectivity index (χ2v) is 8.23. The summed E-state index contributed by atoms with van der Waals surface area (Å²) in [5.74, 6) is 1.22. The van der Waals surface area contributed by atoms with Gasteiger partial charge in [-0.2, -0.15) is 0 Å². The van der Waals surface area contributed by atoms with E-state index >= 15 is 0 Å². The van der Waals surface area contributed by atoms with Crippen LogP contribution in [0.5, 0.6) is 11.5 Å². The average molecular weight is 472 g/mol. The number of methoxy groups -OCH3 is 2. The number of rotatable bonds is 7. The van der Waals surface area contributed by atoms with Crippen molar-refractivity contribution in [3.05, 3.63) is 84.4 Å². The number of amides is 2. The molecular weight excluding hydrogens is 446 g/mol. The maximum absolute atomic E-state index is 13.5. The molecular formula is C27H25N3O5. The normalized spacial score (nSPS) is 21.7. The molecule has 0 bridgehead atoms. The Morgan fingerprint density at radius 1 is 0.886 bits per heavy atom. The van der Waals surface area contributed by atoms with E-state index in [2.05, 4.69) is 4.99 Å². The standard InChI is InChI=1S/C27H25N3O5/c1-33-21-12-8-19(9-13-21)28-16-23-25(26(31)29(23)20-10-14-22(34-2)15-11-20)30-24(17-35-27(30)32)18-6-4-3-5-7-18/h3-16,23-25H,17H2,1-2H3/t23-,24-,25+/m1/s1. The molecule has 2 saturated heterocycles. The van der Waals surface area contributed by atoms with Gasteiger partial charge in [-0.3, -0.25) is 19.6 Å². The van der Waals surface area contributed by atoms with Crippen LogP contribution in [0.4, 0.5) is 16.2 Å². The molecule has 0 unspecified atom stereocenters. The monoisotopic (exact) mass is 471 g/mol. The summed E-state index contributed by atoms with van der Waals surface area (Å²) < 4.78 is 15.8. The lowest BCUT2D eigenvalue weighted by Gasteiger charge is -2.49. The van der Waals surface area contributed by atoms with E-state index in [1.54, 1.807) is 42.4 Å². The first-order chi connectivity index (χ1) is 17.1. The summed E-state index contributed by atoms with van der Waals surface area (Å²) in [5.41, 5.74) is 2.32. The summed E-state index contributed by atoms with van der Waals surface area (Å²) in [5, 5.41) is 0. The number of aliphatic imine (C=N–C) groups is 1. The molecule has 2 fully saturated rings. The summed E-state index contributed by atoms with van der Waals surface area (Å²) in [6, 6.07) is 22.6. The Hall–Kier alpha value is -4.33. The number of anilines is 1. The minimum Gasteiger partial charge on any atom is -0.497 e. The first kappa shape index (κ1) is 22.5. The zero-order valence-corrected chi connectivity index (χ0v) is 19.4. The highest BCUT2D eigenvalue weighted by atomic mass is 16.6. The molecule has 2 heterocycles.